The van der Waals surface area contributed by atoms with Gasteiger partial charge in [-0.15, -0.1) is 12.4 Å². The maximum atomic E-state index is 11.5. The van der Waals surface area contributed by atoms with Gasteiger partial charge in [-0.2, -0.15) is 4.89 Å². The number of nitrogens with one attached hydrogen (secondary N) is 1. The van der Waals surface area contributed by atoms with Crippen molar-refractivity contribution in [3.05, 3.63) is 35.9 Å². The molecule has 0 bridgehead atoms. The van der Waals surface area contributed by atoms with Crippen LogP contribution >= 0.6 is 12.4 Å². The summed E-state index contributed by atoms with van der Waals surface area (Å²) in [6.07, 6.45) is 0. The van der Waals surface area contributed by atoms with Crippen LogP contribution in [0.1, 0.15) is 17.3 Å². The standard InChI is InChI=1S/C12H15NO3.ClH/c1-12(7-13-8-12)9-15-16-11(14)10-5-3-2-4-6-10;/h2-6,13H,7-9H2,1H3;1H. The summed E-state index contributed by atoms with van der Waals surface area (Å²) in [6, 6.07) is 8.80. The van der Waals surface area contributed by atoms with Crippen molar-refractivity contribution in [3.8, 4) is 0 Å². The van der Waals surface area contributed by atoms with Gasteiger partial charge in [-0.1, -0.05) is 25.1 Å². The Kier molecular flexibility index (Phi) is 4.93. The van der Waals surface area contributed by atoms with E-state index >= 15 is 0 Å². The van der Waals surface area contributed by atoms with E-state index in [1.165, 1.54) is 0 Å². The van der Waals surface area contributed by atoms with Crippen LogP contribution in [-0.4, -0.2) is 25.7 Å². The summed E-state index contributed by atoms with van der Waals surface area (Å²) in [7, 11) is 0. The molecule has 0 radical (unpaired) electrons. The SMILES string of the molecule is CC1(COOC(=O)c2ccccc2)CNC1.Cl. The second-order valence-electron chi connectivity index (χ2n) is 4.41. The number of carbonyl (C=O) groups excluding carboxylic acids is 1. The number of benzene rings is 1. The predicted octanol–water partition coefficient (Wildman–Crippen LogP) is 1.81. The van der Waals surface area contributed by atoms with Crippen LogP contribution in [-0.2, 0) is 9.78 Å². The maximum Gasteiger partial charge on any atom is 0.373 e. The zero-order valence-electron chi connectivity index (χ0n) is 9.64. The number of halogens is 1. The average Bonchev–Trinajstić information content (AvgIpc) is 2.28. The average molecular weight is 258 g/mol. The summed E-state index contributed by atoms with van der Waals surface area (Å²) in [5.41, 5.74) is 0.594. The lowest BCUT2D eigenvalue weighted by Gasteiger charge is -2.37. The van der Waals surface area contributed by atoms with Crippen LogP contribution in [0.25, 0.3) is 0 Å². The third kappa shape index (κ3) is 3.70. The van der Waals surface area contributed by atoms with Gasteiger partial charge in [0.25, 0.3) is 0 Å². The molecule has 1 saturated heterocycles. The van der Waals surface area contributed by atoms with Gasteiger partial charge in [0.1, 0.15) is 6.61 Å². The first kappa shape index (κ1) is 14.0. The van der Waals surface area contributed by atoms with Crippen LogP contribution in [0.5, 0.6) is 0 Å². The molecule has 0 atom stereocenters. The Morgan fingerprint density at radius 1 is 1.35 bits per heavy atom. The molecule has 17 heavy (non-hydrogen) atoms. The highest BCUT2D eigenvalue weighted by molar-refractivity contribution is 5.88. The smallest absolute Gasteiger partial charge is 0.315 e. The zero-order chi connectivity index (χ0) is 11.4. The van der Waals surface area contributed by atoms with Gasteiger partial charge in [0, 0.05) is 18.5 Å². The molecule has 0 aliphatic carbocycles. The minimum atomic E-state index is -0.448. The van der Waals surface area contributed by atoms with Gasteiger partial charge in [0.15, 0.2) is 0 Å². The summed E-state index contributed by atoms with van der Waals surface area (Å²) < 4.78 is 0. The predicted molar refractivity (Wildman–Crippen MR) is 66.0 cm³/mol. The van der Waals surface area contributed by atoms with E-state index in [0.717, 1.165) is 13.1 Å². The molecule has 0 saturated carbocycles. The topological polar surface area (TPSA) is 47.6 Å². The van der Waals surface area contributed by atoms with Gasteiger partial charge < -0.3 is 5.32 Å². The Labute approximate surface area is 107 Å². The van der Waals surface area contributed by atoms with Crippen LogP contribution in [0.2, 0.25) is 0 Å². The minimum absolute atomic E-state index is 0. The third-order valence-corrected chi connectivity index (χ3v) is 2.66. The highest BCUT2D eigenvalue weighted by Gasteiger charge is 2.32. The molecule has 1 aliphatic heterocycles. The number of carbonyl (C=O) groups is 1. The largest absolute Gasteiger partial charge is 0.373 e. The van der Waals surface area contributed by atoms with Crippen molar-refractivity contribution in [1.29, 1.82) is 0 Å². The zero-order valence-corrected chi connectivity index (χ0v) is 10.5. The van der Waals surface area contributed by atoms with E-state index in [2.05, 4.69) is 12.2 Å². The van der Waals surface area contributed by atoms with Gasteiger partial charge in [0.05, 0.1) is 5.56 Å². The molecule has 1 aliphatic rings. The van der Waals surface area contributed by atoms with E-state index in [0.29, 0.717) is 12.2 Å². The van der Waals surface area contributed by atoms with E-state index in [1.807, 2.05) is 6.07 Å². The molecular formula is C12H16ClNO3. The molecule has 0 amide bonds. The second kappa shape index (κ2) is 6.00. The van der Waals surface area contributed by atoms with Gasteiger partial charge >= 0.3 is 5.97 Å². The molecule has 1 heterocycles. The van der Waals surface area contributed by atoms with Crippen molar-refractivity contribution >= 4 is 18.4 Å². The van der Waals surface area contributed by atoms with Gasteiger partial charge in [-0.25, -0.2) is 4.79 Å². The number of hydrogen-bond donors (Lipinski definition) is 1. The second-order valence-corrected chi connectivity index (χ2v) is 4.41. The highest BCUT2D eigenvalue weighted by atomic mass is 35.5. The van der Waals surface area contributed by atoms with Crippen LogP contribution in [0.15, 0.2) is 30.3 Å². The van der Waals surface area contributed by atoms with Crippen molar-refractivity contribution in [2.24, 2.45) is 5.41 Å². The lowest BCUT2D eigenvalue weighted by Crippen LogP contribution is -2.54. The Morgan fingerprint density at radius 3 is 2.53 bits per heavy atom. The normalized spacial score (nSPS) is 16.5. The highest BCUT2D eigenvalue weighted by Crippen LogP contribution is 2.21. The van der Waals surface area contributed by atoms with E-state index in [9.17, 15) is 4.79 Å². The van der Waals surface area contributed by atoms with E-state index in [4.69, 9.17) is 9.78 Å². The summed E-state index contributed by atoms with van der Waals surface area (Å²) >= 11 is 0. The fourth-order valence-electron chi connectivity index (χ4n) is 1.50. The first-order valence-electron chi connectivity index (χ1n) is 5.29. The molecule has 0 spiro atoms. The number of rotatable bonds is 4. The minimum Gasteiger partial charge on any atom is -0.315 e. The monoisotopic (exact) mass is 257 g/mol. The first-order valence-corrected chi connectivity index (χ1v) is 5.29. The Hall–Kier alpha value is -1.10. The Morgan fingerprint density at radius 2 is 2.00 bits per heavy atom. The molecule has 2 rings (SSSR count). The van der Waals surface area contributed by atoms with Crippen molar-refractivity contribution in [3.63, 3.8) is 0 Å². The van der Waals surface area contributed by atoms with Gasteiger partial charge in [0.2, 0.25) is 0 Å². The molecule has 94 valence electrons. The van der Waals surface area contributed by atoms with Crippen LogP contribution in [0.4, 0.5) is 0 Å². The maximum absolute atomic E-state index is 11.5. The van der Waals surface area contributed by atoms with Crippen molar-refractivity contribution in [2.75, 3.05) is 19.7 Å². The van der Waals surface area contributed by atoms with Crippen LogP contribution in [0, 0.1) is 5.41 Å². The van der Waals surface area contributed by atoms with Crippen molar-refractivity contribution < 1.29 is 14.6 Å². The first-order chi connectivity index (χ1) is 7.70. The van der Waals surface area contributed by atoms with E-state index in [-0.39, 0.29) is 17.8 Å². The van der Waals surface area contributed by atoms with Crippen LogP contribution < -0.4 is 5.32 Å². The fourth-order valence-corrected chi connectivity index (χ4v) is 1.50. The lowest BCUT2D eigenvalue weighted by atomic mass is 9.85. The van der Waals surface area contributed by atoms with E-state index in [1.54, 1.807) is 24.3 Å². The van der Waals surface area contributed by atoms with Crippen molar-refractivity contribution in [2.45, 2.75) is 6.92 Å². The fraction of sp³-hybridized carbons (Fsp3) is 0.417. The van der Waals surface area contributed by atoms with Crippen LogP contribution in [0.3, 0.4) is 0 Å². The molecular weight excluding hydrogens is 242 g/mol. The van der Waals surface area contributed by atoms with E-state index < -0.39 is 5.97 Å². The summed E-state index contributed by atoms with van der Waals surface area (Å²) in [4.78, 5) is 21.2. The molecule has 1 aromatic rings. The molecule has 1 fully saturated rings. The molecule has 0 aromatic heterocycles. The quantitative estimate of drug-likeness (QED) is 0.660. The Bertz CT molecular complexity index is 365. The van der Waals surface area contributed by atoms with Gasteiger partial charge in [-0.05, 0) is 12.1 Å². The summed E-state index contributed by atoms with van der Waals surface area (Å²) in [5.74, 6) is -0.448. The third-order valence-electron chi connectivity index (χ3n) is 2.66. The van der Waals surface area contributed by atoms with Gasteiger partial charge in [-0.3, -0.25) is 4.89 Å². The molecule has 0 unspecified atom stereocenters. The van der Waals surface area contributed by atoms with Crippen molar-refractivity contribution in [1.82, 2.24) is 5.32 Å². The molecule has 1 N–H and O–H groups in total. The molecule has 1 aromatic carbocycles. The number of hydrogen-bond acceptors (Lipinski definition) is 4. The lowest BCUT2D eigenvalue weighted by molar-refractivity contribution is -0.261. The molecule has 5 heteroatoms. The summed E-state index contributed by atoms with van der Waals surface area (Å²) in [5, 5.41) is 3.15. The Balaban J connectivity index is 0.00000144. The molecule has 4 nitrogen and oxygen atoms in total. The summed E-state index contributed by atoms with van der Waals surface area (Å²) in [6.45, 7) is 4.31.